The number of carbonyl (C=O) groups is 1. The van der Waals surface area contributed by atoms with Crippen molar-refractivity contribution in [3.8, 4) is 0 Å². The number of anilines is 1. The Hall–Kier alpha value is -2.74. The molecule has 1 amide bonds. The van der Waals surface area contributed by atoms with Crippen LogP contribution in [0.25, 0.3) is 11.0 Å². The summed E-state index contributed by atoms with van der Waals surface area (Å²) in [4.78, 5) is 37.3. The van der Waals surface area contributed by atoms with E-state index in [1.807, 2.05) is 32.0 Å². The Balaban J connectivity index is 1.81. The molecule has 128 valence electrons. The van der Waals surface area contributed by atoms with Crippen LogP contribution in [-0.2, 0) is 11.3 Å². The standard InChI is InChI=1S/C17H17N5O2S/c1-3-25-17-18-8-13-15(21-17)19-10-22(16(13)24)9-14(23)20-12-6-4-5-11(2)7-12/h4-8,10H,3,9H2,1-2H3,(H,20,23). The van der Waals surface area contributed by atoms with Crippen molar-refractivity contribution < 1.29 is 4.79 Å². The summed E-state index contributed by atoms with van der Waals surface area (Å²) in [5.74, 6) is 0.537. The van der Waals surface area contributed by atoms with Gasteiger partial charge in [0, 0.05) is 11.9 Å². The highest BCUT2D eigenvalue weighted by Gasteiger charge is 2.10. The van der Waals surface area contributed by atoms with Crippen LogP contribution in [0, 0.1) is 6.92 Å². The molecule has 0 aliphatic rings. The minimum atomic E-state index is -0.336. The van der Waals surface area contributed by atoms with Crippen molar-refractivity contribution in [2.75, 3.05) is 11.1 Å². The van der Waals surface area contributed by atoms with Crippen LogP contribution < -0.4 is 10.9 Å². The first-order valence-corrected chi connectivity index (χ1v) is 8.77. The number of benzene rings is 1. The first-order valence-electron chi connectivity index (χ1n) is 7.78. The maximum Gasteiger partial charge on any atom is 0.264 e. The molecule has 0 saturated carbocycles. The van der Waals surface area contributed by atoms with Crippen molar-refractivity contribution >= 4 is 34.4 Å². The molecule has 2 aromatic heterocycles. The van der Waals surface area contributed by atoms with E-state index in [0.717, 1.165) is 11.3 Å². The van der Waals surface area contributed by atoms with Gasteiger partial charge >= 0.3 is 0 Å². The number of thioether (sulfide) groups is 1. The molecule has 0 aliphatic heterocycles. The molecule has 7 nitrogen and oxygen atoms in total. The quantitative estimate of drug-likeness (QED) is 0.558. The molecular weight excluding hydrogens is 338 g/mol. The Morgan fingerprint density at radius 2 is 2.16 bits per heavy atom. The van der Waals surface area contributed by atoms with Crippen molar-refractivity contribution in [2.24, 2.45) is 0 Å². The Morgan fingerprint density at radius 1 is 1.32 bits per heavy atom. The third-order valence-electron chi connectivity index (χ3n) is 3.45. The summed E-state index contributed by atoms with van der Waals surface area (Å²) in [5.41, 5.74) is 1.74. The highest BCUT2D eigenvalue weighted by molar-refractivity contribution is 7.99. The van der Waals surface area contributed by atoms with Gasteiger partial charge in [0.15, 0.2) is 10.8 Å². The maximum absolute atomic E-state index is 12.5. The molecule has 0 spiro atoms. The molecule has 0 radical (unpaired) electrons. The second-order valence-electron chi connectivity index (χ2n) is 5.42. The van der Waals surface area contributed by atoms with Crippen LogP contribution in [-0.4, -0.2) is 31.2 Å². The number of aromatic nitrogens is 4. The number of fused-ring (bicyclic) bond motifs is 1. The maximum atomic E-state index is 12.5. The van der Waals surface area contributed by atoms with E-state index in [1.165, 1.54) is 28.9 Å². The summed E-state index contributed by atoms with van der Waals surface area (Å²) in [6.45, 7) is 3.82. The number of rotatable bonds is 5. The van der Waals surface area contributed by atoms with E-state index in [4.69, 9.17) is 0 Å². The van der Waals surface area contributed by atoms with Crippen molar-refractivity contribution in [1.82, 2.24) is 19.5 Å². The Kier molecular flexibility index (Phi) is 5.08. The summed E-state index contributed by atoms with van der Waals surface area (Å²) in [5, 5.41) is 3.65. The third-order valence-corrected chi connectivity index (χ3v) is 4.19. The highest BCUT2D eigenvalue weighted by Crippen LogP contribution is 2.13. The number of nitrogens with one attached hydrogen (secondary N) is 1. The molecule has 0 unspecified atom stereocenters. The minimum absolute atomic E-state index is 0.124. The number of nitrogens with zero attached hydrogens (tertiary/aromatic N) is 4. The fraction of sp³-hybridized carbons (Fsp3) is 0.235. The average Bonchev–Trinajstić information content (AvgIpc) is 2.58. The van der Waals surface area contributed by atoms with Crippen molar-refractivity contribution in [2.45, 2.75) is 25.5 Å². The molecule has 3 aromatic rings. The summed E-state index contributed by atoms with van der Waals surface area (Å²) < 4.78 is 1.25. The lowest BCUT2D eigenvalue weighted by molar-refractivity contribution is -0.116. The van der Waals surface area contributed by atoms with E-state index in [-0.39, 0.29) is 18.0 Å². The largest absolute Gasteiger partial charge is 0.325 e. The van der Waals surface area contributed by atoms with Gasteiger partial charge in [-0.2, -0.15) is 0 Å². The van der Waals surface area contributed by atoms with E-state index in [0.29, 0.717) is 21.9 Å². The number of carbonyl (C=O) groups excluding carboxylic acids is 1. The van der Waals surface area contributed by atoms with Gasteiger partial charge in [0.2, 0.25) is 5.91 Å². The summed E-state index contributed by atoms with van der Waals surface area (Å²) >= 11 is 1.48. The molecule has 3 rings (SSSR count). The van der Waals surface area contributed by atoms with Crippen molar-refractivity contribution in [1.29, 1.82) is 0 Å². The van der Waals surface area contributed by atoms with E-state index >= 15 is 0 Å². The zero-order valence-electron chi connectivity index (χ0n) is 13.9. The highest BCUT2D eigenvalue weighted by atomic mass is 32.2. The topological polar surface area (TPSA) is 89.8 Å². The monoisotopic (exact) mass is 355 g/mol. The molecular formula is C17H17N5O2S. The van der Waals surface area contributed by atoms with Crippen LogP contribution in [0.3, 0.4) is 0 Å². The predicted molar refractivity (Wildman–Crippen MR) is 97.8 cm³/mol. The molecule has 2 heterocycles. The number of aryl methyl sites for hydroxylation is 1. The van der Waals surface area contributed by atoms with Gasteiger partial charge in [0.05, 0.1) is 0 Å². The van der Waals surface area contributed by atoms with Gasteiger partial charge < -0.3 is 5.32 Å². The van der Waals surface area contributed by atoms with Gasteiger partial charge in [-0.1, -0.05) is 30.8 Å². The van der Waals surface area contributed by atoms with Crippen molar-refractivity contribution in [3.63, 3.8) is 0 Å². The zero-order chi connectivity index (χ0) is 17.8. The van der Waals surface area contributed by atoms with Gasteiger partial charge in [-0.3, -0.25) is 14.2 Å². The molecule has 25 heavy (non-hydrogen) atoms. The fourth-order valence-corrected chi connectivity index (χ4v) is 2.86. The van der Waals surface area contributed by atoms with E-state index < -0.39 is 0 Å². The number of amides is 1. The molecule has 0 bridgehead atoms. The smallest absolute Gasteiger partial charge is 0.264 e. The summed E-state index contributed by atoms with van der Waals surface area (Å²) in [7, 11) is 0. The molecule has 0 aliphatic carbocycles. The third kappa shape index (κ3) is 4.03. The normalized spacial score (nSPS) is 10.8. The molecule has 1 N–H and O–H groups in total. The Labute approximate surface area is 148 Å². The molecule has 0 fully saturated rings. The summed E-state index contributed by atoms with van der Waals surface area (Å²) in [6, 6.07) is 7.46. The lowest BCUT2D eigenvalue weighted by atomic mass is 10.2. The van der Waals surface area contributed by atoms with Gasteiger partial charge in [-0.25, -0.2) is 15.0 Å². The van der Waals surface area contributed by atoms with Crippen LogP contribution in [0.15, 0.2) is 46.7 Å². The lowest BCUT2D eigenvalue weighted by Gasteiger charge is -2.08. The number of hydrogen-bond acceptors (Lipinski definition) is 6. The van der Waals surface area contributed by atoms with Gasteiger partial charge in [0.25, 0.3) is 5.56 Å². The van der Waals surface area contributed by atoms with Gasteiger partial charge in [0.1, 0.15) is 18.3 Å². The fourth-order valence-electron chi connectivity index (χ4n) is 2.33. The second kappa shape index (κ2) is 7.43. The van der Waals surface area contributed by atoms with Gasteiger partial charge in [-0.15, -0.1) is 0 Å². The van der Waals surface area contributed by atoms with Crippen LogP contribution in [0.1, 0.15) is 12.5 Å². The molecule has 0 atom stereocenters. The summed E-state index contributed by atoms with van der Waals surface area (Å²) in [6.07, 6.45) is 2.80. The van der Waals surface area contributed by atoms with Crippen LogP contribution in [0.4, 0.5) is 5.69 Å². The number of hydrogen-bond donors (Lipinski definition) is 1. The molecule has 8 heteroatoms. The molecule has 1 aromatic carbocycles. The van der Waals surface area contributed by atoms with Crippen LogP contribution >= 0.6 is 11.8 Å². The Bertz CT molecular complexity index is 986. The lowest BCUT2D eigenvalue weighted by Crippen LogP contribution is -2.28. The van der Waals surface area contributed by atoms with E-state index in [1.54, 1.807) is 6.07 Å². The van der Waals surface area contributed by atoms with Crippen LogP contribution in [0.5, 0.6) is 0 Å². The zero-order valence-corrected chi connectivity index (χ0v) is 14.7. The average molecular weight is 355 g/mol. The predicted octanol–water partition coefficient (Wildman–Crippen LogP) is 2.25. The van der Waals surface area contributed by atoms with E-state index in [9.17, 15) is 9.59 Å². The van der Waals surface area contributed by atoms with Gasteiger partial charge in [-0.05, 0) is 30.4 Å². The van der Waals surface area contributed by atoms with Crippen molar-refractivity contribution in [3.05, 3.63) is 52.7 Å². The first kappa shape index (κ1) is 17.1. The Morgan fingerprint density at radius 3 is 2.92 bits per heavy atom. The first-order chi connectivity index (χ1) is 12.1. The molecule has 0 saturated heterocycles. The van der Waals surface area contributed by atoms with E-state index in [2.05, 4.69) is 20.3 Å². The second-order valence-corrected chi connectivity index (χ2v) is 6.65. The minimum Gasteiger partial charge on any atom is -0.325 e. The SMILES string of the molecule is CCSc1ncc2c(=O)n(CC(=O)Nc3cccc(C)c3)cnc2n1. The van der Waals surface area contributed by atoms with Crippen LogP contribution in [0.2, 0.25) is 0 Å².